The summed E-state index contributed by atoms with van der Waals surface area (Å²) in [7, 11) is 0. The third-order valence-corrected chi connectivity index (χ3v) is 2.66. The van der Waals surface area contributed by atoms with E-state index in [1.807, 2.05) is 0 Å². The van der Waals surface area contributed by atoms with Gasteiger partial charge in [-0.1, -0.05) is 11.6 Å². The number of halogens is 1. The van der Waals surface area contributed by atoms with Crippen molar-refractivity contribution >= 4 is 28.9 Å². The van der Waals surface area contributed by atoms with Crippen LogP contribution in [0.25, 0.3) is 5.13 Å². The molecule has 0 spiro atoms. The van der Waals surface area contributed by atoms with E-state index < -0.39 is 5.97 Å². The van der Waals surface area contributed by atoms with E-state index in [2.05, 4.69) is 9.97 Å². The maximum Gasteiger partial charge on any atom is 0.356 e. The van der Waals surface area contributed by atoms with Gasteiger partial charge >= 0.3 is 5.97 Å². The number of hydrogen-bond donors (Lipinski definition) is 1. The van der Waals surface area contributed by atoms with E-state index in [9.17, 15) is 4.79 Å². The average Bonchev–Trinajstić information content (AvgIpc) is 2.70. The number of hydrogen-bond acceptors (Lipinski definition) is 4. The molecule has 0 aliphatic rings. The molecule has 0 amide bonds. The number of aromatic nitrogens is 3. The molecule has 0 bridgehead atoms. The van der Waals surface area contributed by atoms with Crippen molar-refractivity contribution in [3.8, 4) is 5.13 Å². The predicted molar refractivity (Wildman–Crippen MR) is 51.2 cm³/mol. The fourth-order valence-electron chi connectivity index (χ4n) is 0.902. The molecule has 0 unspecified atom stereocenters. The zero-order valence-electron chi connectivity index (χ0n) is 6.72. The first kappa shape index (κ1) is 9.17. The van der Waals surface area contributed by atoms with E-state index in [0.717, 1.165) is 0 Å². The Morgan fingerprint density at radius 3 is 2.93 bits per heavy atom. The average molecular weight is 230 g/mol. The maximum atomic E-state index is 10.5. The predicted octanol–water partition coefficient (Wildman–Crippen LogP) is 1.68. The van der Waals surface area contributed by atoms with Crippen molar-refractivity contribution in [2.45, 2.75) is 0 Å². The minimum atomic E-state index is -1.06. The van der Waals surface area contributed by atoms with Crippen molar-refractivity contribution in [3.05, 3.63) is 28.8 Å². The number of imidazole rings is 1. The minimum Gasteiger partial charge on any atom is -0.476 e. The molecule has 0 radical (unpaired) electrons. The molecule has 7 heteroatoms. The number of carboxylic acid groups (broad SMARTS) is 1. The Morgan fingerprint density at radius 1 is 1.64 bits per heavy atom. The molecule has 2 rings (SSSR count). The van der Waals surface area contributed by atoms with Crippen LogP contribution in [0.4, 0.5) is 0 Å². The molecule has 0 fully saturated rings. The number of rotatable bonds is 2. The number of aromatic carboxylic acids is 1. The fraction of sp³-hybridized carbons (Fsp3) is 0. The van der Waals surface area contributed by atoms with Crippen LogP contribution in [0.15, 0.2) is 17.9 Å². The molecule has 2 aromatic heterocycles. The second-order valence-corrected chi connectivity index (χ2v) is 3.65. The van der Waals surface area contributed by atoms with Crippen LogP contribution in [0.3, 0.4) is 0 Å². The summed E-state index contributed by atoms with van der Waals surface area (Å²) < 4.78 is 1.51. The molecule has 0 atom stereocenters. The Kier molecular flexibility index (Phi) is 2.22. The van der Waals surface area contributed by atoms with Crippen LogP contribution < -0.4 is 0 Å². The molecule has 2 heterocycles. The van der Waals surface area contributed by atoms with Crippen LogP contribution in [-0.2, 0) is 0 Å². The summed E-state index contributed by atoms with van der Waals surface area (Å²) >= 11 is 6.94. The molecule has 0 aromatic carbocycles. The maximum absolute atomic E-state index is 10.5. The second-order valence-electron chi connectivity index (χ2n) is 2.42. The fourth-order valence-corrected chi connectivity index (χ4v) is 1.79. The monoisotopic (exact) mass is 229 g/mol. The zero-order valence-corrected chi connectivity index (χ0v) is 8.29. The van der Waals surface area contributed by atoms with Crippen LogP contribution in [0.2, 0.25) is 5.15 Å². The van der Waals surface area contributed by atoms with Gasteiger partial charge in [-0.25, -0.2) is 14.8 Å². The topological polar surface area (TPSA) is 68.0 Å². The number of carbonyl (C=O) groups is 1. The number of thiazole rings is 1. The summed E-state index contributed by atoms with van der Waals surface area (Å²) in [5, 5.41) is 11.3. The largest absolute Gasteiger partial charge is 0.476 e. The lowest BCUT2D eigenvalue weighted by molar-refractivity contribution is 0.0691. The summed E-state index contributed by atoms with van der Waals surface area (Å²) in [6.07, 6.45) is 2.77. The molecule has 0 saturated carbocycles. The lowest BCUT2D eigenvalue weighted by Crippen LogP contribution is -1.95. The Balaban J connectivity index is 2.38. The highest BCUT2D eigenvalue weighted by atomic mass is 35.5. The highest BCUT2D eigenvalue weighted by molar-refractivity contribution is 7.12. The van der Waals surface area contributed by atoms with E-state index >= 15 is 0 Å². The van der Waals surface area contributed by atoms with Crippen molar-refractivity contribution in [2.24, 2.45) is 0 Å². The molecule has 0 aliphatic carbocycles. The van der Waals surface area contributed by atoms with Crippen LogP contribution in [0, 0.1) is 0 Å². The lowest BCUT2D eigenvalue weighted by atomic mass is 10.5. The minimum absolute atomic E-state index is 0.0173. The van der Waals surface area contributed by atoms with Crippen molar-refractivity contribution in [1.29, 1.82) is 0 Å². The smallest absolute Gasteiger partial charge is 0.356 e. The molecule has 2 aromatic rings. The Bertz CT molecular complexity index is 479. The van der Waals surface area contributed by atoms with E-state index in [1.165, 1.54) is 28.4 Å². The first-order valence-electron chi connectivity index (χ1n) is 3.55. The summed E-state index contributed by atoms with van der Waals surface area (Å²) in [6, 6.07) is 0. The third-order valence-electron chi connectivity index (χ3n) is 1.49. The first-order chi connectivity index (χ1) is 6.66. The molecule has 5 nitrogen and oxygen atoms in total. The summed E-state index contributed by atoms with van der Waals surface area (Å²) in [5.41, 5.74) is -0.0173. The molecular formula is C7H4ClN3O2S. The van der Waals surface area contributed by atoms with Crippen molar-refractivity contribution in [1.82, 2.24) is 14.5 Å². The van der Waals surface area contributed by atoms with E-state index in [0.29, 0.717) is 10.3 Å². The highest BCUT2D eigenvalue weighted by Gasteiger charge is 2.09. The molecular weight excluding hydrogens is 226 g/mol. The third kappa shape index (κ3) is 1.61. The Morgan fingerprint density at radius 2 is 2.43 bits per heavy atom. The molecule has 0 saturated heterocycles. The zero-order chi connectivity index (χ0) is 10.1. The summed E-state index contributed by atoms with van der Waals surface area (Å²) in [5.74, 6) is -1.06. The molecule has 14 heavy (non-hydrogen) atoms. The van der Waals surface area contributed by atoms with Gasteiger partial charge in [0.15, 0.2) is 10.8 Å². The Labute approximate surface area is 87.6 Å². The normalized spacial score (nSPS) is 10.4. The van der Waals surface area contributed by atoms with Gasteiger partial charge in [0.1, 0.15) is 11.5 Å². The summed E-state index contributed by atoms with van der Waals surface area (Å²) in [4.78, 5) is 18.2. The van der Waals surface area contributed by atoms with Crippen molar-refractivity contribution in [2.75, 3.05) is 0 Å². The van der Waals surface area contributed by atoms with Gasteiger partial charge in [0, 0.05) is 11.6 Å². The van der Waals surface area contributed by atoms with Crippen LogP contribution in [0.1, 0.15) is 10.5 Å². The van der Waals surface area contributed by atoms with Gasteiger partial charge in [-0.3, -0.25) is 4.57 Å². The van der Waals surface area contributed by atoms with Crippen molar-refractivity contribution in [3.63, 3.8) is 0 Å². The molecule has 72 valence electrons. The number of nitrogens with zero attached hydrogens (tertiary/aromatic N) is 3. The molecule has 0 aliphatic heterocycles. The SMILES string of the molecule is O=C(O)c1cn(-c2nc(Cl)cs2)cn1. The lowest BCUT2D eigenvalue weighted by Gasteiger charge is -1.91. The van der Waals surface area contributed by atoms with Crippen LogP contribution in [-0.4, -0.2) is 25.6 Å². The summed E-state index contributed by atoms with van der Waals surface area (Å²) in [6.45, 7) is 0. The number of carboxylic acids is 1. The van der Waals surface area contributed by atoms with Crippen LogP contribution >= 0.6 is 22.9 Å². The second kappa shape index (κ2) is 3.39. The van der Waals surface area contributed by atoms with Gasteiger partial charge in [-0.05, 0) is 0 Å². The van der Waals surface area contributed by atoms with Gasteiger partial charge in [0.05, 0.1) is 0 Å². The van der Waals surface area contributed by atoms with Gasteiger partial charge in [0.25, 0.3) is 0 Å². The first-order valence-corrected chi connectivity index (χ1v) is 4.81. The van der Waals surface area contributed by atoms with Gasteiger partial charge < -0.3 is 5.11 Å². The van der Waals surface area contributed by atoms with Crippen LogP contribution in [0.5, 0.6) is 0 Å². The Hall–Kier alpha value is -1.40. The van der Waals surface area contributed by atoms with Crippen molar-refractivity contribution < 1.29 is 9.90 Å². The van der Waals surface area contributed by atoms with E-state index in [1.54, 1.807) is 5.38 Å². The highest BCUT2D eigenvalue weighted by Crippen LogP contribution is 2.18. The van der Waals surface area contributed by atoms with E-state index in [-0.39, 0.29) is 5.69 Å². The van der Waals surface area contributed by atoms with Gasteiger partial charge in [0.2, 0.25) is 0 Å². The van der Waals surface area contributed by atoms with Gasteiger partial charge in [-0.2, -0.15) is 0 Å². The van der Waals surface area contributed by atoms with E-state index in [4.69, 9.17) is 16.7 Å². The standard InChI is InChI=1S/C7H4ClN3O2S/c8-5-2-14-7(10-5)11-1-4(6(12)13)9-3-11/h1-3H,(H,12,13). The quantitative estimate of drug-likeness (QED) is 0.851. The van der Waals surface area contributed by atoms with Gasteiger partial charge in [-0.15, -0.1) is 11.3 Å². The molecule has 1 N–H and O–H groups in total.